The van der Waals surface area contributed by atoms with Gasteiger partial charge in [0.05, 0.1) is 0 Å². The van der Waals surface area contributed by atoms with Crippen LogP contribution in [0.2, 0.25) is 0 Å². The molecular formula is C15H24FN. The van der Waals surface area contributed by atoms with Gasteiger partial charge in [0, 0.05) is 6.04 Å². The normalized spacial score (nSPS) is 43.1. The second-order valence-corrected chi connectivity index (χ2v) is 5.54. The average Bonchev–Trinajstić information content (AvgIpc) is 2.32. The number of alkyl halides is 1. The molecule has 1 heterocycles. The lowest BCUT2D eigenvalue weighted by Gasteiger charge is -2.38. The summed E-state index contributed by atoms with van der Waals surface area (Å²) in [6.45, 7) is 5.36. The van der Waals surface area contributed by atoms with E-state index in [1.54, 1.807) is 0 Å². The zero-order valence-electron chi connectivity index (χ0n) is 10.9. The Morgan fingerprint density at radius 3 is 2.88 bits per heavy atom. The Balaban J connectivity index is 1.98. The van der Waals surface area contributed by atoms with E-state index in [0.29, 0.717) is 30.2 Å². The monoisotopic (exact) mass is 237 g/mol. The summed E-state index contributed by atoms with van der Waals surface area (Å²) in [7, 11) is 0. The maximum atomic E-state index is 13.4. The Morgan fingerprint density at radius 1 is 1.35 bits per heavy atom. The van der Waals surface area contributed by atoms with Crippen LogP contribution in [-0.4, -0.2) is 18.8 Å². The van der Waals surface area contributed by atoms with Crippen LogP contribution in [-0.2, 0) is 0 Å². The molecule has 1 nitrogen and oxygen atoms in total. The number of allylic oxidation sites excluding steroid dienone is 3. The first kappa shape index (κ1) is 12.8. The van der Waals surface area contributed by atoms with Crippen molar-refractivity contribution in [1.29, 1.82) is 0 Å². The highest BCUT2D eigenvalue weighted by Crippen LogP contribution is 2.34. The van der Waals surface area contributed by atoms with Crippen molar-refractivity contribution in [2.24, 2.45) is 17.8 Å². The van der Waals surface area contributed by atoms with E-state index >= 15 is 0 Å². The number of rotatable bonds is 2. The molecular weight excluding hydrogens is 213 g/mol. The highest BCUT2D eigenvalue weighted by Gasteiger charge is 2.31. The molecule has 0 aromatic carbocycles. The molecule has 0 spiro atoms. The van der Waals surface area contributed by atoms with Crippen LogP contribution in [0, 0.1) is 17.8 Å². The molecule has 1 unspecified atom stereocenters. The minimum atomic E-state index is -0.621. The van der Waals surface area contributed by atoms with Gasteiger partial charge in [0.2, 0.25) is 0 Å². The fourth-order valence-electron chi connectivity index (χ4n) is 3.16. The molecule has 0 radical (unpaired) electrons. The van der Waals surface area contributed by atoms with Crippen LogP contribution in [0.15, 0.2) is 24.3 Å². The lowest BCUT2D eigenvalue weighted by Crippen LogP contribution is -2.45. The fourth-order valence-corrected chi connectivity index (χ4v) is 3.16. The van der Waals surface area contributed by atoms with E-state index in [-0.39, 0.29) is 0 Å². The van der Waals surface area contributed by atoms with Crippen LogP contribution in [0.3, 0.4) is 0 Å². The third-order valence-electron chi connectivity index (χ3n) is 4.27. The van der Waals surface area contributed by atoms with Gasteiger partial charge >= 0.3 is 0 Å². The molecule has 1 aliphatic carbocycles. The van der Waals surface area contributed by atoms with E-state index < -0.39 is 6.17 Å². The van der Waals surface area contributed by atoms with Gasteiger partial charge in [-0.3, -0.25) is 0 Å². The molecule has 1 fully saturated rings. The molecule has 5 atom stereocenters. The predicted molar refractivity (Wildman–Crippen MR) is 70.6 cm³/mol. The summed E-state index contributed by atoms with van der Waals surface area (Å²) in [6, 6.07) is 0.552. The van der Waals surface area contributed by atoms with Crippen molar-refractivity contribution in [2.75, 3.05) is 6.54 Å². The van der Waals surface area contributed by atoms with Gasteiger partial charge in [-0.15, -0.1) is 0 Å². The lowest BCUT2D eigenvalue weighted by molar-refractivity contribution is 0.179. The molecule has 0 aromatic heterocycles. The second kappa shape index (κ2) is 5.81. The van der Waals surface area contributed by atoms with Crippen LogP contribution in [0.5, 0.6) is 0 Å². The van der Waals surface area contributed by atoms with Crippen LogP contribution in [0.4, 0.5) is 4.39 Å². The summed E-state index contributed by atoms with van der Waals surface area (Å²) >= 11 is 0. The first-order valence-electron chi connectivity index (χ1n) is 6.87. The van der Waals surface area contributed by atoms with Crippen molar-refractivity contribution in [3.8, 4) is 0 Å². The predicted octanol–water partition coefficient (Wildman–Crippen LogP) is 3.48. The Labute approximate surface area is 104 Å². The summed E-state index contributed by atoms with van der Waals surface area (Å²) in [5.41, 5.74) is 0. The second-order valence-electron chi connectivity index (χ2n) is 5.54. The smallest absolute Gasteiger partial charge is 0.104 e. The Morgan fingerprint density at radius 2 is 2.18 bits per heavy atom. The van der Waals surface area contributed by atoms with Crippen molar-refractivity contribution in [3.05, 3.63) is 24.3 Å². The van der Waals surface area contributed by atoms with Gasteiger partial charge in [-0.05, 0) is 57.4 Å². The zero-order valence-corrected chi connectivity index (χ0v) is 10.9. The number of hydrogen-bond acceptors (Lipinski definition) is 1. The molecule has 0 aromatic rings. The van der Waals surface area contributed by atoms with Crippen molar-refractivity contribution < 1.29 is 4.39 Å². The van der Waals surface area contributed by atoms with Crippen molar-refractivity contribution in [2.45, 2.75) is 45.3 Å². The van der Waals surface area contributed by atoms with Crippen LogP contribution < -0.4 is 5.32 Å². The van der Waals surface area contributed by atoms with Gasteiger partial charge in [-0.25, -0.2) is 4.39 Å². The molecule has 96 valence electrons. The molecule has 0 bridgehead atoms. The van der Waals surface area contributed by atoms with Crippen molar-refractivity contribution >= 4 is 0 Å². The highest BCUT2D eigenvalue weighted by atomic mass is 19.1. The van der Waals surface area contributed by atoms with Gasteiger partial charge in [0.15, 0.2) is 0 Å². The van der Waals surface area contributed by atoms with Crippen LogP contribution in [0.25, 0.3) is 0 Å². The van der Waals surface area contributed by atoms with Gasteiger partial charge in [-0.1, -0.05) is 24.3 Å². The molecule has 1 N–H and O–H groups in total. The summed E-state index contributed by atoms with van der Waals surface area (Å²) in [6.07, 6.45) is 10.6. The van der Waals surface area contributed by atoms with Crippen LogP contribution >= 0.6 is 0 Å². The van der Waals surface area contributed by atoms with E-state index in [1.165, 1.54) is 6.42 Å². The van der Waals surface area contributed by atoms with Gasteiger partial charge in [-0.2, -0.15) is 0 Å². The lowest BCUT2D eigenvalue weighted by atomic mass is 9.75. The summed E-state index contributed by atoms with van der Waals surface area (Å²) < 4.78 is 13.4. The minimum absolute atomic E-state index is 0.437. The van der Waals surface area contributed by atoms with E-state index in [9.17, 15) is 4.39 Å². The third-order valence-corrected chi connectivity index (χ3v) is 4.27. The maximum Gasteiger partial charge on any atom is 0.104 e. The molecule has 1 saturated heterocycles. The standard InChI is InChI=1S/C15H24FN/c1-3-5-12-8-14(10-17-11(12)2)13-6-4-7-15(16)9-13/h3-6,11-15,17H,7-10H2,1-2H3/b5-3-/t11?,12-,13+,14+,15-/m1/s1. The number of piperidine rings is 1. The number of halogens is 1. The number of nitrogens with one attached hydrogen (secondary N) is 1. The van der Waals surface area contributed by atoms with E-state index in [1.807, 2.05) is 6.08 Å². The Hall–Kier alpha value is -0.630. The van der Waals surface area contributed by atoms with E-state index in [4.69, 9.17) is 0 Å². The zero-order chi connectivity index (χ0) is 12.3. The summed E-state index contributed by atoms with van der Waals surface area (Å²) in [4.78, 5) is 0. The first-order valence-corrected chi connectivity index (χ1v) is 6.87. The quantitative estimate of drug-likeness (QED) is 0.725. The molecule has 1 aliphatic heterocycles. The van der Waals surface area contributed by atoms with Gasteiger partial charge < -0.3 is 5.32 Å². The molecule has 0 amide bonds. The largest absolute Gasteiger partial charge is 0.313 e. The van der Waals surface area contributed by atoms with Gasteiger partial charge in [0.1, 0.15) is 6.17 Å². The molecule has 2 aliphatic rings. The maximum absolute atomic E-state index is 13.4. The molecule has 2 heteroatoms. The summed E-state index contributed by atoms with van der Waals surface area (Å²) in [5, 5.41) is 3.57. The first-order chi connectivity index (χ1) is 8.20. The van der Waals surface area contributed by atoms with Gasteiger partial charge in [0.25, 0.3) is 0 Å². The molecule has 17 heavy (non-hydrogen) atoms. The topological polar surface area (TPSA) is 12.0 Å². The summed E-state index contributed by atoms with van der Waals surface area (Å²) in [5.74, 6) is 1.64. The minimum Gasteiger partial charge on any atom is -0.313 e. The Bertz CT molecular complexity index is 297. The van der Waals surface area contributed by atoms with Crippen molar-refractivity contribution in [3.63, 3.8) is 0 Å². The SMILES string of the molecule is C/C=C\[C@@H]1C[C@H]([C@H]2C=CC[C@@H](F)C2)CNC1C. The van der Waals surface area contributed by atoms with Crippen LogP contribution in [0.1, 0.15) is 33.1 Å². The van der Waals surface area contributed by atoms with E-state index in [2.05, 4.69) is 37.4 Å². The van der Waals surface area contributed by atoms with Crippen molar-refractivity contribution in [1.82, 2.24) is 5.32 Å². The molecule has 2 rings (SSSR count). The molecule has 0 saturated carbocycles. The number of hydrogen-bond donors (Lipinski definition) is 1. The highest BCUT2D eigenvalue weighted by molar-refractivity contribution is 5.03. The average molecular weight is 237 g/mol. The fraction of sp³-hybridized carbons (Fsp3) is 0.733. The van der Waals surface area contributed by atoms with E-state index in [0.717, 1.165) is 13.0 Å². The third kappa shape index (κ3) is 3.19. The Kier molecular flexibility index (Phi) is 4.38.